The van der Waals surface area contributed by atoms with Gasteiger partial charge in [0.05, 0.1) is 12.2 Å². The largest absolute Gasteiger partial charge is 0.478 e. The molecule has 0 amide bonds. The standard InChI is InChI=1S/C26H29NO3/c1-2-3-10-19-27-26(23-13-8-5-9-14-23,30-20-21-11-6-4-7-12-21)24-17-15-22(16-18-24)25(28)29/h4-9,11-18,27H,2-3,10,19-20H2,1H3,(H,28,29). The molecule has 0 bridgehead atoms. The summed E-state index contributed by atoms with van der Waals surface area (Å²) in [5, 5.41) is 13.0. The van der Waals surface area contributed by atoms with E-state index in [0.717, 1.165) is 42.5 Å². The fourth-order valence-electron chi connectivity index (χ4n) is 3.51. The van der Waals surface area contributed by atoms with Crippen LogP contribution < -0.4 is 5.32 Å². The summed E-state index contributed by atoms with van der Waals surface area (Å²) >= 11 is 0. The van der Waals surface area contributed by atoms with Crippen LogP contribution in [0.5, 0.6) is 0 Å². The zero-order valence-corrected chi connectivity index (χ0v) is 17.4. The van der Waals surface area contributed by atoms with Crippen molar-refractivity contribution in [2.45, 2.75) is 38.5 Å². The predicted molar refractivity (Wildman–Crippen MR) is 119 cm³/mol. The Morgan fingerprint density at radius 3 is 2.07 bits per heavy atom. The molecule has 0 fully saturated rings. The second-order valence-electron chi connectivity index (χ2n) is 7.34. The van der Waals surface area contributed by atoms with Gasteiger partial charge in [-0.05, 0) is 30.7 Å². The van der Waals surface area contributed by atoms with Gasteiger partial charge in [0.2, 0.25) is 0 Å². The van der Waals surface area contributed by atoms with Gasteiger partial charge >= 0.3 is 5.97 Å². The van der Waals surface area contributed by atoms with Gasteiger partial charge in [-0.1, -0.05) is 92.6 Å². The van der Waals surface area contributed by atoms with Crippen LogP contribution in [0.3, 0.4) is 0 Å². The van der Waals surface area contributed by atoms with Crippen LogP contribution >= 0.6 is 0 Å². The molecule has 0 radical (unpaired) electrons. The molecule has 0 spiro atoms. The van der Waals surface area contributed by atoms with Crippen molar-refractivity contribution in [1.29, 1.82) is 0 Å². The minimum Gasteiger partial charge on any atom is -0.478 e. The maximum Gasteiger partial charge on any atom is 0.335 e. The summed E-state index contributed by atoms with van der Waals surface area (Å²) in [5.41, 5.74) is 2.33. The molecule has 30 heavy (non-hydrogen) atoms. The Kier molecular flexibility index (Phi) is 7.77. The molecule has 4 nitrogen and oxygen atoms in total. The van der Waals surface area contributed by atoms with Gasteiger partial charge in [0.1, 0.15) is 0 Å². The highest BCUT2D eigenvalue weighted by Crippen LogP contribution is 2.33. The van der Waals surface area contributed by atoms with Crippen molar-refractivity contribution in [3.8, 4) is 0 Å². The molecule has 1 atom stereocenters. The number of ether oxygens (including phenoxy) is 1. The molecule has 3 aromatic rings. The molecule has 156 valence electrons. The fourth-order valence-corrected chi connectivity index (χ4v) is 3.51. The van der Waals surface area contributed by atoms with E-state index in [1.165, 1.54) is 0 Å². The monoisotopic (exact) mass is 403 g/mol. The van der Waals surface area contributed by atoms with Gasteiger partial charge in [0, 0.05) is 11.1 Å². The first kappa shape index (κ1) is 21.8. The Morgan fingerprint density at radius 1 is 0.867 bits per heavy atom. The lowest BCUT2D eigenvalue weighted by atomic mass is 9.92. The van der Waals surface area contributed by atoms with Gasteiger partial charge < -0.3 is 9.84 Å². The normalized spacial score (nSPS) is 13.0. The molecule has 0 saturated heterocycles. The first-order valence-corrected chi connectivity index (χ1v) is 10.5. The lowest BCUT2D eigenvalue weighted by molar-refractivity contribution is -0.0561. The van der Waals surface area contributed by atoms with Crippen LogP contribution in [0.25, 0.3) is 0 Å². The highest BCUT2D eigenvalue weighted by molar-refractivity contribution is 5.87. The first-order valence-electron chi connectivity index (χ1n) is 10.5. The van der Waals surface area contributed by atoms with Gasteiger partial charge in [-0.3, -0.25) is 5.32 Å². The number of carboxylic acids is 1. The van der Waals surface area contributed by atoms with Crippen LogP contribution in [-0.2, 0) is 17.1 Å². The molecule has 0 saturated carbocycles. The molecule has 3 rings (SSSR count). The number of unbranched alkanes of at least 4 members (excludes halogenated alkanes) is 2. The Labute approximate surface area is 178 Å². The topological polar surface area (TPSA) is 58.6 Å². The van der Waals surface area contributed by atoms with Crippen molar-refractivity contribution in [1.82, 2.24) is 5.32 Å². The predicted octanol–water partition coefficient (Wildman–Crippen LogP) is 5.58. The van der Waals surface area contributed by atoms with Gasteiger partial charge in [0.15, 0.2) is 5.72 Å². The zero-order valence-electron chi connectivity index (χ0n) is 17.4. The second kappa shape index (κ2) is 10.7. The van der Waals surface area contributed by atoms with Crippen LogP contribution in [0.15, 0.2) is 84.9 Å². The highest BCUT2D eigenvalue weighted by atomic mass is 16.5. The van der Waals surface area contributed by atoms with E-state index in [2.05, 4.69) is 12.2 Å². The highest BCUT2D eigenvalue weighted by Gasteiger charge is 2.35. The maximum absolute atomic E-state index is 11.3. The third-order valence-electron chi connectivity index (χ3n) is 5.17. The van der Waals surface area contributed by atoms with Crippen molar-refractivity contribution in [3.63, 3.8) is 0 Å². The Balaban J connectivity index is 2.01. The summed E-state index contributed by atoms with van der Waals surface area (Å²) in [7, 11) is 0. The number of hydrogen-bond acceptors (Lipinski definition) is 3. The average molecular weight is 404 g/mol. The molecule has 4 heteroatoms. The van der Waals surface area contributed by atoms with Crippen molar-refractivity contribution in [2.75, 3.05) is 6.54 Å². The lowest BCUT2D eigenvalue weighted by Gasteiger charge is -2.36. The van der Waals surface area contributed by atoms with Gasteiger partial charge in [-0.15, -0.1) is 0 Å². The van der Waals surface area contributed by atoms with E-state index in [1.54, 1.807) is 12.1 Å². The summed E-state index contributed by atoms with van der Waals surface area (Å²) in [6, 6.07) is 27.1. The quantitative estimate of drug-likeness (QED) is 0.324. The lowest BCUT2D eigenvalue weighted by Crippen LogP contribution is -2.46. The van der Waals surface area contributed by atoms with Gasteiger partial charge in [-0.25, -0.2) is 4.79 Å². The van der Waals surface area contributed by atoms with Crippen LogP contribution in [0.1, 0.15) is 53.2 Å². The number of aromatic carboxylic acids is 1. The van der Waals surface area contributed by atoms with E-state index in [4.69, 9.17) is 4.74 Å². The molecular weight excluding hydrogens is 374 g/mol. The van der Waals surface area contributed by atoms with E-state index in [9.17, 15) is 9.90 Å². The van der Waals surface area contributed by atoms with Crippen molar-refractivity contribution in [2.24, 2.45) is 0 Å². The summed E-state index contributed by atoms with van der Waals surface area (Å²) in [6.07, 6.45) is 3.31. The zero-order chi connectivity index (χ0) is 21.2. The van der Waals surface area contributed by atoms with E-state index >= 15 is 0 Å². The van der Waals surface area contributed by atoms with Crippen molar-refractivity contribution in [3.05, 3.63) is 107 Å². The van der Waals surface area contributed by atoms with E-state index in [-0.39, 0.29) is 5.56 Å². The summed E-state index contributed by atoms with van der Waals surface area (Å²) in [4.78, 5) is 11.3. The summed E-state index contributed by atoms with van der Waals surface area (Å²) in [5.74, 6) is -0.937. The van der Waals surface area contributed by atoms with Gasteiger partial charge in [-0.2, -0.15) is 0 Å². The second-order valence-corrected chi connectivity index (χ2v) is 7.34. The maximum atomic E-state index is 11.3. The molecular formula is C26H29NO3. The van der Waals surface area contributed by atoms with E-state index in [1.807, 2.05) is 72.8 Å². The van der Waals surface area contributed by atoms with Gasteiger partial charge in [0.25, 0.3) is 0 Å². The van der Waals surface area contributed by atoms with E-state index < -0.39 is 11.7 Å². The van der Waals surface area contributed by atoms with E-state index in [0.29, 0.717) is 6.61 Å². The minimum atomic E-state index is -0.937. The average Bonchev–Trinajstić information content (AvgIpc) is 2.80. The Bertz CT molecular complexity index is 910. The molecule has 3 aromatic carbocycles. The van der Waals surface area contributed by atoms with Crippen molar-refractivity contribution >= 4 is 5.97 Å². The van der Waals surface area contributed by atoms with Crippen LogP contribution in [0.4, 0.5) is 0 Å². The third-order valence-corrected chi connectivity index (χ3v) is 5.17. The molecule has 0 aliphatic heterocycles. The molecule has 0 aromatic heterocycles. The Morgan fingerprint density at radius 2 is 1.47 bits per heavy atom. The molecule has 0 aliphatic carbocycles. The number of carbonyl (C=O) groups is 1. The van der Waals surface area contributed by atoms with Crippen molar-refractivity contribution < 1.29 is 14.6 Å². The number of nitrogens with one attached hydrogen (secondary N) is 1. The smallest absolute Gasteiger partial charge is 0.335 e. The molecule has 0 heterocycles. The molecule has 1 unspecified atom stereocenters. The fraction of sp³-hybridized carbons (Fsp3) is 0.269. The Hall–Kier alpha value is -2.95. The number of rotatable bonds is 11. The number of benzene rings is 3. The van der Waals surface area contributed by atoms with Crippen LogP contribution in [0.2, 0.25) is 0 Å². The third kappa shape index (κ3) is 5.35. The first-order chi connectivity index (χ1) is 14.7. The SMILES string of the molecule is CCCCCNC(OCc1ccccc1)(c1ccccc1)c1ccc(C(=O)O)cc1. The molecule has 0 aliphatic rings. The summed E-state index contributed by atoms with van der Waals surface area (Å²) in [6.45, 7) is 3.40. The van der Waals surface area contributed by atoms with Crippen LogP contribution in [0, 0.1) is 0 Å². The number of hydrogen-bond donors (Lipinski definition) is 2. The summed E-state index contributed by atoms with van der Waals surface area (Å²) < 4.78 is 6.61. The minimum absolute atomic E-state index is 0.259. The number of carboxylic acid groups (broad SMARTS) is 1. The van der Waals surface area contributed by atoms with Crippen LogP contribution in [-0.4, -0.2) is 17.6 Å². The molecule has 2 N–H and O–H groups in total.